The lowest BCUT2D eigenvalue weighted by Gasteiger charge is -2.47. The summed E-state index contributed by atoms with van der Waals surface area (Å²) in [6.45, 7) is 0.972. The molecule has 0 radical (unpaired) electrons. The number of aromatic nitrogens is 1. The minimum absolute atomic E-state index is 0.0140. The molecule has 3 saturated heterocycles. The number of H-pyrrole nitrogens is 1. The molecular formula is C30H35N5O6. The molecule has 8 rings (SSSR count). The van der Waals surface area contributed by atoms with Crippen LogP contribution in [0.5, 0.6) is 5.75 Å². The SMILES string of the molecule is COc1cccc2[nH]c(C(=O)N3CC4(C5CC5)CC3(C(=O)N[C@@H](C[C@@H]3CCNC3=O)C(=O)C(=O)NC3CC3)C4)cc12. The Hall–Kier alpha value is -3.89. The number of benzene rings is 1. The van der Waals surface area contributed by atoms with Crippen molar-refractivity contribution in [2.75, 3.05) is 20.2 Å². The number of hydrogen-bond acceptors (Lipinski definition) is 6. The normalized spacial score (nSPS) is 29.0. The van der Waals surface area contributed by atoms with E-state index in [1.54, 1.807) is 18.1 Å². The van der Waals surface area contributed by atoms with Crippen molar-refractivity contribution in [3.8, 4) is 5.75 Å². The molecule has 6 aliphatic rings. The molecular weight excluding hydrogens is 526 g/mol. The van der Waals surface area contributed by atoms with E-state index in [-0.39, 0.29) is 29.7 Å². The number of carbonyl (C=O) groups excluding carboxylic acids is 5. The van der Waals surface area contributed by atoms with Crippen LogP contribution in [0, 0.1) is 17.3 Å². The number of rotatable bonds is 10. The van der Waals surface area contributed by atoms with Gasteiger partial charge in [-0.15, -0.1) is 0 Å². The second kappa shape index (κ2) is 9.32. The number of aromatic amines is 1. The highest BCUT2D eigenvalue weighted by atomic mass is 16.5. The van der Waals surface area contributed by atoms with E-state index in [9.17, 15) is 24.0 Å². The monoisotopic (exact) mass is 561 g/mol. The van der Waals surface area contributed by atoms with Gasteiger partial charge in [-0.1, -0.05) is 6.07 Å². The van der Waals surface area contributed by atoms with Gasteiger partial charge in [-0.05, 0) is 80.9 Å². The number of amides is 4. The maximum absolute atomic E-state index is 14.1. The highest BCUT2D eigenvalue weighted by Gasteiger charge is 2.73. The van der Waals surface area contributed by atoms with Gasteiger partial charge in [0, 0.05) is 36.0 Å². The van der Waals surface area contributed by atoms with Gasteiger partial charge in [-0.3, -0.25) is 24.0 Å². The predicted molar refractivity (Wildman–Crippen MR) is 147 cm³/mol. The Balaban J connectivity index is 1.16. The lowest BCUT2D eigenvalue weighted by molar-refractivity contribution is -0.143. The van der Waals surface area contributed by atoms with Gasteiger partial charge in [0.05, 0.1) is 13.2 Å². The number of nitrogens with zero attached hydrogens (tertiary/aromatic N) is 1. The molecule has 11 heteroatoms. The molecule has 3 saturated carbocycles. The molecule has 0 unspecified atom stereocenters. The van der Waals surface area contributed by atoms with E-state index in [4.69, 9.17) is 4.74 Å². The molecule has 11 nitrogen and oxygen atoms in total. The van der Waals surface area contributed by atoms with E-state index in [1.165, 1.54) is 0 Å². The summed E-state index contributed by atoms with van der Waals surface area (Å²) in [5.74, 6) is -1.70. The minimum atomic E-state index is -1.14. The van der Waals surface area contributed by atoms with Crippen molar-refractivity contribution in [2.24, 2.45) is 17.3 Å². The number of ether oxygens (including phenoxy) is 1. The number of fused-ring (bicyclic) bond motifs is 2. The molecule has 1 aromatic heterocycles. The third kappa shape index (κ3) is 4.28. The van der Waals surface area contributed by atoms with E-state index < -0.39 is 35.1 Å². The highest BCUT2D eigenvalue weighted by molar-refractivity contribution is 6.38. The third-order valence-electron chi connectivity index (χ3n) is 9.91. The van der Waals surface area contributed by atoms with Crippen LogP contribution in [0.2, 0.25) is 0 Å². The first-order valence-electron chi connectivity index (χ1n) is 14.6. The van der Waals surface area contributed by atoms with Crippen LogP contribution in [0.4, 0.5) is 0 Å². The molecule has 216 valence electrons. The average Bonchev–Trinajstić information content (AvgIpc) is 3.81. The summed E-state index contributed by atoms with van der Waals surface area (Å²) >= 11 is 0. The fourth-order valence-electron chi connectivity index (χ4n) is 7.43. The first kappa shape index (κ1) is 26.0. The first-order valence-corrected chi connectivity index (χ1v) is 14.6. The van der Waals surface area contributed by atoms with Crippen molar-refractivity contribution >= 4 is 40.3 Å². The number of Topliss-reactive ketones (excluding diaryl/α,β-unsaturated/α-hetero) is 1. The molecule has 1 aromatic carbocycles. The minimum Gasteiger partial charge on any atom is -0.496 e. The van der Waals surface area contributed by atoms with Gasteiger partial charge in [0.1, 0.15) is 17.0 Å². The zero-order valence-corrected chi connectivity index (χ0v) is 23.1. The first-order chi connectivity index (χ1) is 19.7. The highest BCUT2D eigenvalue weighted by Crippen LogP contribution is 2.68. The Labute approximate surface area is 237 Å². The Kier molecular flexibility index (Phi) is 5.92. The Morgan fingerprint density at radius 2 is 1.90 bits per heavy atom. The third-order valence-corrected chi connectivity index (χ3v) is 9.91. The lowest BCUT2D eigenvalue weighted by Crippen LogP contribution is -2.64. The van der Waals surface area contributed by atoms with Crippen LogP contribution in [0.3, 0.4) is 0 Å². The van der Waals surface area contributed by atoms with Crippen LogP contribution in [-0.4, -0.2) is 77.1 Å². The maximum atomic E-state index is 14.1. The molecule has 4 heterocycles. The molecule has 2 atom stereocenters. The van der Waals surface area contributed by atoms with Crippen LogP contribution in [0.25, 0.3) is 10.9 Å². The second-order valence-corrected chi connectivity index (χ2v) is 12.7. The summed E-state index contributed by atoms with van der Waals surface area (Å²) in [6.07, 6.45) is 5.47. The molecule has 2 bridgehead atoms. The Morgan fingerprint density at radius 3 is 2.56 bits per heavy atom. The number of methoxy groups -OCH3 is 1. The van der Waals surface area contributed by atoms with E-state index in [0.29, 0.717) is 49.7 Å². The van der Waals surface area contributed by atoms with E-state index in [0.717, 1.165) is 36.6 Å². The van der Waals surface area contributed by atoms with Crippen molar-refractivity contribution in [1.29, 1.82) is 0 Å². The van der Waals surface area contributed by atoms with Gasteiger partial charge in [0.15, 0.2) is 0 Å². The molecule has 3 aliphatic heterocycles. The van der Waals surface area contributed by atoms with Crippen LogP contribution >= 0.6 is 0 Å². The van der Waals surface area contributed by atoms with Gasteiger partial charge in [0.2, 0.25) is 17.6 Å². The standard InChI is InChI=1S/C30H35N5O6/c1-41-23-4-2-3-20-19(23)12-22(33-20)27(39)35-15-29(17-5-6-17)13-30(35,14-29)28(40)34-21(11-16-9-10-31-25(16)37)24(36)26(38)32-18-7-8-18/h2-4,12,16-18,21,33H,5-11,13-15H2,1H3,(H,31,37)(H,32,38)(H,34,40)/t16-,21-,29?,30?/m0/s1. The van der Waals surface area contributed by atoms with Crippen molar-refractivity contribution in [3.05, 3.63) is 30.0 Å². The smallest absolute Gasteiger partial charge is 0.289 e. The zero-order chi connectivity index (χ0) is 28.5. The van der Waals surface area contributed by atoms with E-state index in [2.05, 4.69) is 20.9 Å². The van der Waals surface area contributed by atoms with Gasteiger partial charge in [-0.25, -0.2) is 0 Å². The van der Waals surface area contributed by atoms with Crippen molar-refractivity contribution < 1.29 is 28.7 Å². The summed E-state index contributed by atoms with van der Waals surface area (Å²) in [5, 5.41) is 9.12. The number of carbonyl (C=O) groups is 5. The Morgan fingerprint density at radius 1 is 1.12 bits per heavy atom. The summed E-state index contributed by atoms with van der Waals surface area (Å²) in [5.41, 5.74) is -0.0823. The summed E-state index contributed by atoms with van der Waals surface area (Å²) in [6, 6.07) is 6.14. The fraction of sp³-hybridized carbons (Fsp3) is 0.567. The number of ketones is 1. The maximum Gasteiger partial charge on any atom is 0.289 e. The summed E-state index contributed by atoms with van der Waals surface area (Å²) < 4.78 is 5.46. The molecule has 4 amide bonds. The zero-order valence-electron chi connectivity index (χ0n) is 23.1. The number of hydrogen-bond donors (Lipinski definition) is 4. The van der Waals surface area contributed by atoms with Gasteiger partial charge in [-0.2, -0.15) is 0 Å². The van der Waals surface area contributed by atoms with Crippen LogP contribution in [0.15, 0.2) is 24.3 Å². The molecule has 2 aromatic rings. The topological polar surface area (TPSA) is 150 Å². The van der Waals surface area contributed by atoms with Crippen molar-refractivity contribution in [1.82, 2.24) is 25.8 Å². The summed E-state index contributed by atoms with van der Waals surface area (Å²) in [7, 11) is 1.58. The van der Waals surface area contributed by atoms with Crippen LogP contribution in [-0.2, 0) is 19.2 Å². The summed E-state index contributed by atoms with van der Waals surface area (Å²) in [4.78, 5) is 71.4. The van der Waals surface area contributed by atoms with E-state index in [1.807, 2.05) is 18.2 Å². The molecule has 0 spiro atoms. The molecule has 41 heavy (non-hydrogen) atoms. The molecule has 3 aliphatic carbocycles. The van der Waals surface area contributed by atoms with Crippen molar-refractivity contribution in [3.63, 3.8) is 0 Å². The van der Waals surface area contributed by atoms with Gasteiger partial charge < -0.3 is 30.6 Å². The second-order valence-electron chi connectivity index (χ2n) is 12.7. The Bertz CT molecular complexity index is 1470. The molecule has 6 fully saturated rings. The fourth-order valence-corrected chi connectivity index (χ4v) is 7.43. The van der Waals surface area contributed by atoms with E-state index >= 15 is 0 Å². The predicted octanol–water partition coefficient (Wildman–Crippen LogP) is 1.42. The lowest BCUT2D eigenvalue weighted by atomic mass is 9.59. The van der Waals surface area contributed by atoms with Gasteiger partial charge >= 0.3 is 0 Å². The van der Waals surface area contributed by atoms with Gasteiger partial charge in [0.25, 0.3) is 11.8 Å². The largest absolute Gasteiger partial charge is 0.496 e. The van der Waals surface area contributed by atoms with Crippen LogP contribution in [0.1, 0.15) is 61.9 Å². The average molecular weight is 562 g/mol. The van der Waals surface area contributed by atoms with Crippen molar-refractivity contribution in [2.45, 2.75) is 69.0 Å². The molecule has 4 N–H and O–H groups in total. The quantitative estimate of drug-likeness (QED) is 0.322. The number of nitrogens with one attached hydrogen (secondary N) is 4. The van der Waals surface area contributed by atoms with Crippen LogP contribution < -0.4 is 20.7 Å².